The van der Waals surface area contributed by atoms with Gasteiger partial charge in [-0.1, -0.05) is 13.8 Å². The van der Waals surface area contributed by atoms with Crippen LogP contribution in [-0.2, 0) is 0 Å². The van der Waals surface area contributed by atoms with Crippen molar-refractivity contribution in [2.24, 2.45) is 5.92 Å². The van der Waals surface area contributed by atoms with E-state index in [-0.39, 0.29) is 0 Å². The minimum atomic E-state index is -1.13. The lowest BCUT2D eigenvalue weighted by atomic mass is 9.90. The highest BCUT2D eigenvalue weighted by atomic mass is 16.4. The number of rotatable bonds is 2. The molecule has 1 aliphatic heterocycles. The molecule has 1 unspecified atom stereocenters. The van der Waals surface area contributed by atoms with Gasteiger partial charge in [-0.05, 0) is 31.6 Å². The molecule has 1 rings (SSSR count). The third kappa shape index (κ3) is 2.38. The molecule has 1 amide bonds. The van der Waals surface area contributed by atoms with Crippen LogP contribution in [0.25, 0.3) is 0 Å². The van der Waals surface area contributed by atoms with Gasteiger partial charge in [-0.2, -0.15) is 0 Å². The van der Waals surface area contributed by atoms with Gasteiger partial charge in [-0.15, -0.1) is 0 Å². The predicted octanol–water partition coefficient (Wildman–Crippen LogP) is 1.89. The van der Waals surface area contributed by atoms with E-state index in [9.17, 15) is 9.90 Å². The van der Waals surface area contributed by atoms with Gasteiger partial charge in [-0.25, -0.2) is 4.79 Å². The van der Waals surface area contributed by atoms with E-state index in [0.717, 1.165) is 12.8 Å². The zero-order chi connectivity index (χ0) is 10.8. The second-order valence-electron chi connectivity index (χ2n) is 4.47. The monoisotopic (exact) mass is 201 g/mol. The first-order valence-corrected chi connectivity index (χ1v) is 5.18. The van der Waals surface area contributed by atoms with Crippen LogP contribution in [-0.4, -0.2) is 33.5 Å². The first-order chi connectivity index (χ1) is 6.46. The molecule has 1 atom stereocenters. The molecule has 2 N–H and O–H groups in total. The van der Waals surface area contributed by atoms with Crippen LogP contribution in [0.5, 0.6) is 0 Å². The summed E-state index contributed by atoms with van der Waals surface area (Å²) in [7, 11) is 0. The van der Waals surface area contributed by atoms with Crippen LogP contribution in [0.15, 0.2) is 0 Å². The minimum Gasteiger partial charge on any atom is -0.465 e. The predicted molar refractivity (Wildman–Crippen MR) is 53.0 cm³/mol. The number of amides is 1. The minimum absolute atomic E-state index is 0.306. The molecule has 1 saturated heterocycles. The van der Waals surface area contributed by atoms with Crippen LogP contribution in [0.3, 0.4) is 0 Å². The third-order valence-electron chi connectivity index (χ3n) is 2.68. The maximum absolute atomic E-state index is 10.9. The van der Waals surface area contributed by atoms with Crippen LogP contribution in [0.2, 0.25) is 0 Å². The van der Waals surface area contributed by atoms with Gasteiger partial charge in [0, 0.05) is 6.54 Å². The van der Waals surface area contributed by atoms with E-state index in [0.29, 0.717) is 25.3 Å². The first-order valence-electron chi connectivity index (χ1n) is 5.18. The topological polar surface area (TPSA) is 60.8 Å². The third-order valence-corrected chi connectivity index (χ3v) is 2.68. The van der Waals surface area contributed by atoms with Crippen molar-refractivity contribution in [3.8, 4) is 0 Å². The second kappa shape index (κ2) is 4.17. The van der Waals surface area contributed by atoms with Crippen molar-refractivity contribution in [1.29, 1.82) is 0 Å². The summed E-state index contributed by atoms with van der Waals surface area (Å²) in [5.74, 6) is 0.306. The fourth-order valence-electron chi connectivity index (χ4n) is 2.16. The number of hydrogen-bond donors (Lipinski definition) is 2. The Kier molecular flexibility index (Phi) is 3.37. The van der Waals surface area contributed by atoms with Gasteiger partial charge < -0.3 is 10.2 Å². The fraction of sp³-hybridized carbons (Fsp3) is 0.900. The van der Waals surface area contributed by atoms with Gasteiger partial charge in [0.2, 0.25) is 0 Å². The van der Waals surface area contributed by atoms with Crippen LogP contribution < -0.4 is 0 Å². The highest BCUT2D eigenvalue weighted by Crippen LogP contribution is 2.31. The summed E-state index contributed by atoms with van der Waals surface area (Å²) in [5.41, 5.74) is -1.13. The van der Waals surface area contributed by atoms with Gasteiger partial charge in [0.15, 0.2) is 0 Å². The summed E-state index contributed by atoms with van der Waals surface area (Å²) in [4.78, 5) is 12.1. The van der Waals surface area contributed by atoms with Crippen LogP contribution in [0, 0.1) is 5.92 Å². The molecule has 0 radical (unpaired) electrons. The summed E-state index contributed by atoms with van der Waals surface area (Å²) in [6, 6.07) is 0. The lowest BCUT2D eigenvalue weighted by Crippen LogP contribution is -2.54. The Bertz CT molecular complexity index is 217. The Morgan fingerprint density at radius 1 is 1.50 bits per heavy atom. The van der Waals surface area contributed by atoms with E-state index in [4.69, 9.17) is 5.11 Å². The Labute approximate surface area is 84.5 Å². The molecule has 1 heterocycles. The largest absolute Gasteiger partial charge is 0.465 e. The number of hydrogen-bond acceptors (Lipinski definition) is 2. The molecular formula is C10H19NO3. The molecule has 0 saturated carbocycles. The zero-order valence-corrected chi connectivity index (χ0v) is 8.86. The zero-order valence-electron chi connectivity index (χ0n) is 8.86. The Morgan fingerprint density at radius 2 is 2.14 bits per heavy atom. The highest BCUT2D eigenvalue weighted by Gasteiger charge is 2.39. The standard InChI is InChI=1S/C10H19NO3/c1-8(2)7-10(14)5-3-4-6-11(10)9(12)13/h8,14H,3-7H2,1-2H3,(H,12,13). The molecule has 0 aromatic carbocycles. The first kappa shape index (κ1) is 11.3. The summed E-state index contributed by atoms with van der Waals surface area (Å²) in [6.07, 6.45) is 1.85. The molecule has 1 aliphatic rings. The SMILES string of the molecule is CC(C)CC1(O)CCCCN1C(=O)O. The molecule has 0 aliphatic carbocycles. The summed E-state index contributed by atoms with van der Waals surface area (Å²) in [6.45, 7) is 4.44. The van der Waals surface area contributed by atoms with Crippen molar-refractivity contribution in [2.75, 3.05) is 6.54 Å². The van der Waals surface area contributed by atoms with Gasteiger partial charge in [0.05, 0.1) is 0 Å². The smallest absolute Gasteiger partial charge is 0.409 e. The molecular weight excluding hydrogens is 182 g/mol. The summed E-state index contributed by atoms with van der Waals surface area (Å²) >= 11 is 0. The van der Waals surface area contributed by atoms with Gasteiger partial charge in [-0.3, -0.25) is 4.90 Å². The van der Waals surface area contributed by atoms with E-state index in [2.05, 4.69) is 0 Å². The van der Waals surface area contributed by atoms with Crippen molar-refractivity contribution in [3.05, 3.63) is 0 Å². The van der Waals surface area contributed by atoms with Crippen LogP contribution >= 0.6 is 0 Å². The van der Waals surface area contributed by atoms with E-state index in [1.165, 1.54) is 4.90 Å². The molecule has 0 spiro atoms. The van der Waals surface area contributed by atoms with Crippen LogP contribution in [0.1, 0.15) is 39.5 Å². The number of likely N-dealkylation sites (tertiary alicyclic amines) is 1. The molecule has 4 nitrogen and oxygen atoms in total. The number of aliphatic hydroxyl groups is 1. The van der Waals surface area contributed by atoms with E-state index in [1.54, 1.807) is 0 Å². The van der Waals surface area contributed by atoms with Crippen LogP contribution in [0.4, 0.5) is 4.79 Å². The molecule has 82 valence electrons. The quantitative estimate of drug-likeness (QED) is 0.717. The number of piperidine rings is 1. The van der Waals surface area contributed by atoms with Crippen molar-refractivity contribution in [1.82, 2.24) is 4.90 Å². The normalized spacial score (nSPS) is 28.1. The van der Waals surface area contributed by atoms with Crippen molar-refractivity contribution in [3.63, 3.8) is 0 Å². The number of carboxylic acid groups (broad SMARTS) is 1. The summed E-state index contributed by atoms with van der Waals surface area (Å²) in [5, 5.41) is 19.2. The molecule has 0 aromatic heterocycles. The van der Waals surface area contributed by atoms with Crippen molar-refractivity contribution < 1.29 is 15.0 Å². The molecule has 0 bridgehead atoms. The molecule has 4 heteroatoms. The van der Waals surface area contributed by atoms with Crippen molar-refractivity contribution in [2.45, 2.75) is 45.3 Å². The number of carbonyl (C=O) groups is 1. The Balaban J connectivity index is 2.74. The maximum Gasteiger partial charge on any atom is 0.409 e. The van der Waals surface area contributed by atoms with Gasteiger partial charge in [0.25, 0.3) is 0 Å². The molecule has 14 heavy (non-hydrogen) atoms. The maximum atomic E-state index is 10.9. The number of nitrogens with zero attached hydrogens (tertiary/aromatic N) is 1. The Morgan fingerprint density at radius 3 is 2.64 bits per heavy atom. The lowest BCUT2D eigenvalue weighted by Gasteiger charge is -2.42. The van der Waals surface area contributed by atoms with E-state index >= 15 is 0 Å². The average molecular weight is 201 g/mol. The lowest BCUT2D eigenvalue weighted by molar-refractivity contribution is -0.125. The fourth-order valence-corrected chi connectivity index (χ4v) is 2.16. The second-order valence-corrected chi connectivity index (χ2v) is 4.47. The van der Waals surface area contributed by atoms with E-state index < -0.39 is 11.8 Å². The van der Waals surface area contributed by atoms with E-state index in [1.807, 2.05) is 13.8 Å². The Hall–Kier alpha value is -0.770. The highest BCUT2D eigenvalue weighted by molar-refractivity contribution is 5.66. The molecule has 0 aromatic rings. The van der Waals surface area contributed by atoms with Gasteiger partial charge >= 0.3 is 6.09 Å². The summed E-state index contributed by atoms with van der Waals surface area (Å²) < 4.78 is 0. The average Bonchev–Trinajstić information content (AvgIpc) is 2.01. The van der Waals surface area contributed by atoms with Gasteiger partial charge in [0.1, 0.15) is 5.72 Å². The molecule has 1 fully saturated rings. The van der Waals surface area contributed by atoms with Crippen molar-refractivity contribution >= 4 is 6.09 Å².